The highest BCUT2D eigenvalue weighted by Gasteiger charge is 2.40. The van der Waals surface area contributed by atoms with E-state index < -0.39 is 52.5 Å². The molecule has 2 aromatic carbocycles. The number of allylic oxidation sites excluding steroid dienone is 1. The first-order valence-electron chi connectivity index (χ1n) is 10.4. The van der Waals surface area contributed by atoms with E-state index >= 15 is 0 Å². The zero-order valence-corrected chi connectivity index (χ0v) is 22.1. The Morgan fingerprint density at radius 1 is 1.11 bits per heavy atom. The number of carbonyl (C=O) groups excluding carboxylic acids is 1. The van der Waals surface area contributed by atoms with Gasteiger partial charge in [-0.3, -0.25) is 4.79 Å². The zero-order valence-electron chi connectivity index (χ0n) is 19.0. The van der Waals surface area contributed by atoms with Gasteiger partial charge in [0.1, 0.15) is 11.5 Å². The summed E-state index contributed by atoms with van der Waals surface area (Å²) in [6.45, 7) is 4.92. The average molecular weight is 607 g/mol. The van der Waals surface area contributed by atoms with Gasteiger partial charge in [0, 0.05) is 0 Å². The van der Waals surface area contributed by atoms with Crippen LogP contribution < -0.4 is 5.32 Å². The van der Waals surface area contributed by atoms with Crippen LogP contribution in [0.2, 0.25) is 15.1 Å². The van der Waals surface area contributed by atoms with Crippen LogP contribution in [0.1, 0.15) is 39.9 Å². The lowest BCUT2D eigenvalue weighted by Crippen LogP contribution is -2.38. The molecule has 3 atom stereocenters. The third-order valence-electron chi connectivity index (χ3n) is 4.91. The minimum absolute atomic E-state index is 0.00249. The number of alkyl halides is 6. The maximum absolute atomic E-state index is 13.7. The summed E-state index contributed by atoms with van der Waals surface area (Å²) >= 11 is 16.1. The van der Waals surface area contributed by atoms with Crippen molar-refractivity contribution < 1.29 is 35.7 Å². The molecule has 2 unspecified atom stereocenters. The second-order valence-electron chi connectivity index (χ2n) is 7.92. The molecule has 0 saturated heterocycles. The van der Waals surface area contributed by atoms with E-state index in [1.807, 2.05) is 0 Å². The lowest BCUT2D eigenvalue weighted by atomic mass is 9.96. The van der Waals surface area contributed by atoms with Crippen molar-refractivity contribution in [3.05, 3.63) is 86.4 Å². The van der Waals surface area contributed by atoms with Crippen molar-refractivity contribution in [2.24, 2.45) is 0 Å². The van der Waals surface area contributed by atoms with Crippen LogP contribution in [0.3, 0.4) is 0 Å². The van der Waals surface area contributed by atoms with Gasteiger partial charge in [-0.25, -0.2) is 0 Å². The van der Waals surface area contributed by atoms with Crippen LogP contribution in [0.4, 0.5) is 26.3 Å². The fourth-order valence-electron chi connectivity index (χ4n) is 3.29. The van der Waals surface area contributed by atoms with Gasteiger partial charge < -0.3 is 9.87 Å². The molecule has 0 aliphatic rings. The Morgan fingerprint density at radius 3 is 2.22 bits per heavy atom. The molecule has 0 aromatic heterocycles. The molecule has 0 spiro atoms. The standard InChI is InChI=1S/C24H20Cl3F6NO2S/c1-3-8-37(36)12-13(2)34-22(35)16-6-4-14(9-18(16)24(31,32)33)5-7-17(23(28,29)30)15-10-19(25)21(27)20(26)11-15/h3-7,9-11,13,17H,1,8,12H2,2H3,(H,34,35)/b7-5+/t13-,17?,37?/m1/s1. The summed E-state index contributed by atoms with van der Waals surface area (Å²) in [7, 11) is 0. The first-order chi connectivity index (χ1) is 17.0. The van der Waals surface area contributed by atoms with Crippen LogP contribution >= 0.6 is 34.8 Å². The summed E-state index contributed by atoms with van der Waals surface area (Å²) in [5.74, 6) is -3.17. The van der Waals surface area contributed by atoms with Gasteiger partial charge in [0.15, 0.2) is 0 Å². The zero-order chi connectivity index (χ0) is 28.1. The molecule has 0 bridgehead atoms. The quantitative estimate of drug-likeness (QED) is 0.136. The van der Waals surface area contributed by atoms with Gasteiger partial charge in [0.05, 0.1) is 38.2 Å². The molecule has 0 heterocycles. The van der Waals surface area contributed by atoms with Crippen molar-refractivity contribution >= 4 is 58.0 Å². The molecule has 3 nitrogen and oxygen atoms in total. The van der Waals surface area contributed by atoms with Gasteiger partial charge in [0.2, 0.25) is 0 Å². The monoisotopic (exact) mass is 605 g/mol. The molecule has 13 heteroatoms. The number of hydrogen-bond acceptors (Lipinski definition) is 2. The van der Waals surface area contributed by atoms with Gasteiger partial charge in [0.25, 0.3) is 5.91 Å². The van der Waals surface area contributed by atoms with E-state index in [9.17, 15) is 35.7 Å². The van der Waals surface area contributed by atoms with Crippen LogP contribution in [0.25, 0.3) is 6.08 Å². The van der Waals surface area contributed by atoms with Gasteiger partial charge >= 0.3 is 12.4 Å². The predicted molar refractivity (Wildman–Crippen MR) is 136 cm³/mol. The maximum Gasteiger partial charge on any atom is 0.417 e. The largest absolute Gasteiger partial charge is 0.616 e. The van der Waals surface area contributed by atoms with E-state index in [1.165, 1.54) is 13.0 Å². The van der Waals surface area contributed by atoms with Crippen molar-refractivity contribution in [1.82, 2.24) is 5.32 Å². The van der Waals surface area contributed by atoms with Crippen LogP contribution in [0, 0.1) is 0 Å². The summed E-state index contributed by atoms with van der Waals surface area (Å²) in [5, 5.41) is 1.78. The first kappa shape index (κ1) is 31.4. The summed E-state index contributed by atoms with van der Waals surface area (Å²) in [6, 6.07) is 3.74. The second kappa shape index (κ2) is 12.8. The van der Waals surface area contributed by atoms with Crippen molar-refractivity contribution in [3.63, 3.8) is 0 Å². The van der Waals surface area contributed by atoms with E-state index in [0.29, 0.717) is 12.1 Å². The van der Waals surface area contributed by atoms with E-state index in [2.05, 4.69) is 11.9 Å². The molecular formula is C24H20Cl3F6NO2S. The summed E-state index contributed by atoms with van der Waals surface area (Å²) in [6.07, 6.45) is -6.88. The van der Waals surface area contributed by atoms with E-state index in [-0.39, 0.29) is 37.7 Å². The number of rotatable bonds is 9. The predicted octanol–water partition coefficient (Wildman–Crippen LogP) is 8.08. The normalized spacial score (nSPS) is 14.9. The highest BCUT2D eigenvalue weighted by Crippen LogP contribution is 2.41. The minimum Gasteiger partial charge on any atom is -0.616 e. The first-order valence-corrected chi connectivity index (χ1v) is 13.0. The smallest absolute Gasteiger partial charge is 0.417 e. The molecule has 0 fully saturated rings. The fourth-order valence-corrected chi connectivity index (χ4v) is 4.94. The van der Waals surface area contributed by atoms with E-state index in [4.69, 9.17) is 34.8 Å². The van der Waals surface area contributed by atoms with Gasteiger partial charge in [-0.1, -0.05) is 59.6 Å². The molecule has 2 aromatic rings. The highest BCUT2D eigenvalue weighted by molar-refractivity contribution is 7.91. The summed E-state index contributed by atoms with van der Waals surface area (Å²) in [4.78, 5) is 12.5. The van der Waals surface area contributed by atoms with E-state index in [1.54, 1.807) is 0 Å². The van der Waals surface area contributed by atoms with Crippen LogP contribution in [0.15, 0.2) is 49.1 Å². The molecule has 202 valence electrons. The number of amides is 1. The highest BCUT2D eigenvalue weighted by atomic mass is 35.5. The molecular weight excluding hydrogens is 587 g/mol. The SMILES string of the molecule is C=CC[S+]([O-])C[C@@H](C)NC(=O)c1ccc(/C=C/C(c2cc(Cl)c(Cl)c(Cl)c2)C(F)(F)F)cc1C(F)(F)F. The van der Waals surface area contributed by atoms with Crippen molar-refractivity contribution in [2.75, 3.05) is 11.5 Å². The molecule has 0 aliphatic heterocycles. The Bertz CT molecular complexity index is 1150. The molecule has 1 amide bonds. The Hall–Kier alpha value is -1.85. The number of hydrogen-bond donors (Lipinski definition) is 1. The van der Waals surface area contributed by atoms with Crippen LogP contribution in [-0.2, 0) is 17.4 Å². The molecule has 37 heavy (non-hydrogen) atoms. The van der Waals surface area contributed by atoms with Gasteiger partial charge in [-0.2, -0.15) is 26.3 Å². The summed E-state index contributed by atoms with van der Waals surface area (Å²) in [5.41, 5.74) is -2.66. The number of carbonyl (C=O) groups is 1. The van der Waals surface area contributed by atoms with Crippen molar-refractivity contribution in [1.29, 1.82) is 0 Å². The number of halogens is 9. The Labute approximate surface area is 227 Å². The Morgan fingerprint density at radius 2 is 1.70 bits per heavy atom. The molecule has 0 aliphatic carbocycles. The Balaban J connectivity index is 2.39. The van der Waals surface area contributed by atoms with Gasteiger partial charge in [-0.15, -0.1) is 0 Å². The fraction of sp³-hybridized carbons (Fsp3) is 0.292. The Kier molecular flexibility index (Phi) is 10.9. The summed E-state index contributed by atoms with van der Waals surface area (Å²) < 4.78 is 94.2. The van der Waals surface area contributed by atoms with Crippen LogP contribution in [-0.4, -0.2) is 34.2 Å². The third-order valence-corrected chi connectivity index (χ3v) is 7.59. The minimum atomic E-state index is -4.98. The molecule has 0 saturated carbocycles. The van der Waals surface area contributed by atoms with Crippen molar-refractivity contribution in [2.45, 2.75) is 31.2 Å². The average Bonchev–Trinajstić information content (AvgIpc) is 2.75. The molecule has 1 N–H and O–H groups in total. The topological polar surface area (TPSA) is 52.2 Å². The van der Waals surface area contributed by atoms with Gasteiger partial charge in [-0.05, 0) is 59.6 Å². The third kappa shape index (κ3) is 8.85. The molecule has 2 rings (SSSR count). The van der Waals surface area contributed by atoms with Crippen LogP contribution in [0.5, 0.6) is 0 Å². The number of benzene rings is 2. The second-order valence-corrected chi connectivity index (χ2v) is 10.7. The van der Waals surface area contributed by atoms with Crippen molar-refractivity contribution in [3.8, 4) is 0 Å². The lowest BCUT2D eigenvalue weighted by Gasteiger charge is -2.19. The maximum atomic E-state index is 13.7. The lowest BCUT2D eigenvalue weighted by molar-refractivity contribution is -0.139. The number of nitrogens with one attached hydrogen (secondary N) is 1. The molecule has 0 radical (unpaired) electrons. The van der Waals surface area contributed by atoms with E-state index in [0.717, 1.165) is 30.3 Å².